The molecule has 1 saturated heterocycles. The van der Waals surface area contributed by atoms with Gasteiger partial charge in [0.05, 0.1) is 0 Å². The number of imide groups is 1. The number of aryl methyl sites for hydroxylation is 2. The highest BCUT2D eigenvalue weighted by Gasteiger charge is 2.48. The van der Waals surface area contributed by atoms with E-state index in [0.717, 1.165) is 4.90 Å². The number of carbonyl (C=O) groups is 2. The molecule has 0 bridgehead atoms. The maximum Gasteiger partial charge on any atom is 0.325 e. The maximum absolute atomic E-state index is 13.7. The van der Waals surface area contributed by atoms with Crippen LogP contribution in [0.5, 0.6) is 0 Å². The van der Waals surface area contributed by atoms with E-state index in [0.29, 0.717) is 35.4 Å². The number of nitrogens with zero attached hydrogens (tertiary/aromatic N) is 3. The Morgan fingerprint density at radius 1 is 1.13 bits per heavy atom. The summed E-state index contributed by atoms with van der Waals surface area (Å²) >= 11 is 0. The summed E-state index contributed by atoms with van der Waals surface area (Å²) in [6.07, 6.45) is 0.744. The molecular formula is C22H20F2N4O3. The molecule has 2 aromatic carbocycles. The zero-order valence-electron chi connectivity index (χ0n) is 17.0. The van der Waals surface area contributed by atoms with Crippen LogP contribution in [-0.2, 0) is 16.8 Å². The van der Waals surface area contributed by atoms with Gasteiger partial charge < -0.3 is 9.84 Å². The van der Waals surface area contributed by atoms with Crippen LogP contribution in [0.25, 0.3) is 11.4 Å². The van der Waals surface area contributed by atoms with Gasteiger partial charge in [-0.1, -0.05) is 29.4 Å². The molecule has 7 nitrogen and oxygen atoms in total. The van der Waals surface area contributed by atoms with Gasteiger partial charge in [0.2, 0.25) is 11.7 Å². The van der Waals surface area contributed by atoms with Crippen LogP contribution in [-0.4, -0.2) is 33.5 Å². The summed E-state index contributed by atoms with van der Waals surface area (Å²) in [5.41, 5.74) is 0.273. The first-order valence-corrected chi connectivity index (χ1v) is 9.77. The minimum atomic E-state index is -1.25. The van der Waals surface area contributed by atoms with E-state index < -0.39 is 23.3 Å². The molecule has 0 aliphatic carbocycles. The normalized spacial score (nSPS) is 18.5. The lowest BCUT2D eigenvalue weighted by Crippen LogP contribution is -2.41. The third kappa shape index (κ3) is 3.90. The molecule has 4 rings (SSSR count). The van der Waals surface area contributed by atoms with Gasteiger partial charge in [-0.3, -0.25) is 9.69 Å². The Kier molecular flexibility index (Phi) is 5.26. The van der Waals surface area contributed by atoms with Gasteiger partial charge in [-0.15, -0.1) is 0 Å². The number of nitrogens with one attached hydrogen (secondary N) is 1. The summed E-state index contributed by atoms with van der Waals surface area (Å²) in [4.78, 5) is 30.6. The van der Waals surface area contributed by atoms with Crippen LogP contribution in [0.4, 0.5) is 13.6 Å². The highest BCUT2D eigenvalue weighted by Crippen LogP contribution is 2.29. The van der Waals surface area contributed by atoms with Gasteiger partial charge in [0, 0.05) is 18.5 Å². The lowest BCUT2D eigenvalue weighted by Gasteiger charge is -2.22. The molecule has 9 heteroatoms. The Bertz CT molecular complexity index is 1150. The van der Waals surface area contributed by atoms with Crippen LogP contribution in [0.1, 0.15) is 30.4 Å². The summed E-state index contributed by atoms with van der Waals surface area (Å²) in [5.74, 6) is -0.595. The van der Waals surface area contributed by atoms with Crippen molar-refractivity contribution < 1.29 is 22.9 Å². The second-order valence-electron chi connectivity index (χ2n) is 7.60. The first kappa shape index (κ1) is 20.6. The molecular weight excluding hydrogens is 406 g/mol. The van der Waals surface area contributed by atoms with Crippen molar-refractivity contribution in [1.82, 2.24) is 20.4 Å². The summed E-state index contributed by atoms with van der Waals surface area (Å²) in [5, 5.41) is 6.54. The van der Waals surface area contributed by atoms with Crippen LogP contribution in [0.2, 0.25) is 0 Å². The highest BCUT2D eigenvalue weighted by atomic mass is 19.1. The number of aromatic nitrogens is 2. The van der Waals surface area contributed by atoms with Crippen LogP contribution >= 0.6 is 0 Å². The number of benzene rings is 2. The summed E-state index contributed by atoms with van der Waals surface area (Å²) < 4.78 is 32.2. The van der Waals surface area contributed by atoms with E-state index in [-0.39, 0.29) is 18.2 Å². The fraction of sp³-hybridized carbons (Fsp3) is 0.273. The molecule has 3 amide bonds. The first-order chi connectivity index (χ1) is 14.8. The number of halogens is 2. The van der Waals surface area contributed by atoms with Crippen molar-refractivity contribution in [3.05, 3.63) is 71.1 Å². The maximum atomic E-state index is 13.7. The zero-order chi connectivity index (χ0) is 22.2. The molecule has 1 aliphatic heterocycles. The van der Waals surface area contributed by atoms with E-state index in [1.807, 2.05) is 0 Å². The number of hydrogen-bond donors (Lipinski definition) is 1. The molecule has 160 valence electrons. The van der Waals surface area contributed by atoms with E-state index in [1.54, 1.807) is 26.0 Å². The first-order valence-electron chi connectivity index (χ1n) is 9.77. The minimum Gasteiger partial charge on any atom is -0.339 e. The third-order valence-corrected chi connectivity index (χ3v) is 5.37. The van der Waals surface area contributed by atoms with Crippen LogP contribution < -0.4 is 5.32 Å². The molecule has 1 aromatic heterocycles. The Morgan fingerprint density at radius 3 is 2.58 bits per heavy atom. The van der Waals surface area contributed by atoms with E-state index in [2.05, 4.69) is 15.5 Å². The number of carbonyl (C=O) groups excluding carboxylic acids is 2. The smallest absolute Gasteiger partial charge is 0.325 e. The van der Waals surface area contributed by atoms with Crippen LogP contribution in [0.15, 0.2) is 47.0 Å². The fourth-order valence-corrected chi connectivity index (χ4v) is 3.47. The average Bonchev–Trinajstić information content (AvgIpc) is 3.29. The number of amides is 3. The predicted octanol–water partition coefficient (Wildman–Crippen LogP) is 3.72. The summed E-state index contributed by atoms with van der Waals surface area (Å²) in [6, 6.07) is 9.61. The largest absolute Gasteiger partial charge is 0.339 e. The third-order valence-electron chi connectivity index (χ3n) is 5.37. The van der Waals surface area contributed by atoms with E-state index >= 15 is 0 Å². The van der Waals surface area contributed by atoms with Crippen molar-refractivity contribution in [2.24, 2.45) is 0 Å². The number of hydrogen-bond acceptors (Lipinski definition) is 5. The van der Waals surface area contributed by atoms with Crippen molar-refractivity contribution in [2.45, 2.75) is 32.2 Å². The summed E-state index contributed by atoms with van der Waals surface area (Å²) in [7, 11) is 0. The predicted molar refractivity (Wildman–Crippen MR) is 107 cm³/mol. The standard InChI is InChI=1S/C22H20F2N4O3/c1-13-5-6-14(12-17(13)24)19-25-18(31-27-19)4-3-11-28-20(29)22(2,26-21(28)30)15-7-9-16(23)10-8-15/h5-10,12H,3-4,11H2,1-2H3,(H,26,30). The van der Waals surface area contributed by atoms with E-state index in [4.69, 9.17) is 4.52 Å². The lowest BCUT2D eigenvalue weighted by atomic mass is 9.92. The molecule has 1 atom stereocenters. The van der Waals surface area contributed by atoms with Crippen molar-refractivity contribution in [3.8, 4) is 11.4 Å². The lowest BCUT2D eigenvalue weighted by molar-refractivity contribution is -0.131. The molecule has 3 aromatic rings. The van der Waals surface area contributed by atoms with Gasteiger partial charge in [0.1, 0.15) is 17.2 Å². The minimum absolute atomic E-state index is 0.151. The summed E-state index contributed by atoms with van der Waals surface area (Å²) in [6.45, 7) is 3.40. The average molecular weight is 426 g/mol. The molecule has 0 radical (unpaired) electrons. The zero-order valence-corrected chi connectivity index (χ0v) is 17.0. The molecule has 31 heavy (non-hydrogen) atoms. The molecule has 0 saturated carbocycles. The van der Waals surface area contributed by atoms with Gasteiger partial charge in [-0.2, -0.15) is 4.98 Å². The Balaban J connectivity index is 1.39. The Morgan fingerprint density at radius 2 is 1.87 bits per heavy atom. The molecule has 0 spiro atoms. The van der Waals surface area contributed by atoms with Crippen LogP contribution in [0.3, 0.4) is 0 Å². The van der Waals surface area contributed by atoms with E-state index in [9.17, 15) is 18.4 Å². The molecule has 1 fully saturated rings. The number of urea groups is 1. The van der Waals surface area contributed by atoms with Gasteiger partial charge in [-0.25, -0.2) is 13.6 Å². The van der Waals surface area contributed by atoms with Gasteiger partial charge in [0.15, 0.2) is 0 Å². The molecule has 1 N–H and O–H groups in total. The van der Waals surface area contributed by atoms with Gasteiger partial charge >= 0.3 is 6.03 Å². The van der Waals surface area contributed by atoms with Gasteiger partial charge in [-0.05, 0) is 49.6 Å². The van der Waals surface area contributed by atoms with Crippen LogP contribution in [0, 0.1) is 18.6 Å². The molecule has 2 heterocycles. The molecule has 1 aliphatic rings. The van der Waals surface area contributed by atoms with Crippen molar-refractivity contribution in [2.75, 3.05) is 6.54 Å². The van der Waals surface area contributed by atoms with Gasteiger partial charge in [0.25, 0.3) is 5.91 Å². The quantitative estimate of drug-likeness (QED) is 0.607. The highest BCUT2D eigenvalue weighted by molar-refractivity contribution is 6.07. The van der Waals surface area contributed by atoms with Crippen molar-refractivity contribution in [1.29, 1.82) is 0 Å². The monoisotopic (exact) mass is 426 g/mol. The second kappa shape index (κ2) is 7.90. The van der Waals surface area contributed by atoms with E-state index in [1.165, 1.54) is 30.3 Å². The Hall–Kier alpha value is -3.62. The Labute approximate surface area is 177 Å². The SMILES string of the molecule is Cc1ccc(-c2noc(CCCN3C(=O)NC(C)(c4ccc(F)cc4)C3=O)n2)cc1F. The molecule has 1 unspecified atom stereocenters. The van der Waals surface area contributed by atoms with Crippen molar-refractivity contribution in [3.63, 3.8) is 0 Å². The topological polar surface area (TPSA) is 88.3 Å². The van der Waals surface area contributed by atoms with Crippen molar-refractivity contribution >= 4 is 11.9 Å². The second-order valence-corrected chi connectivity index (χ2v) is 7.60. The number of rotatable bonds is 6. The fourth-order valence-electron chi connectivity index (χ4n) is 3.47.